The highest BCUT2D eigenvalue weighted by molar-refractivity contribution is 5.19. The van der Waals surface area contributed by atoms with Crippen molar-refractivity contribution in [1.29, 1.82) is 0 Å². The summed E-state index contributed by atoms with van der Waals surface area (Å²) in [6.07, 6.45) is 1.51. The van der Waals surface area contributed by atoms with Crippen LogP contribution < -0.4 is 10.6 Å². The van der Waals surface area contributed by atoms with Crippen LogP contribution in [0.25, 0.3) is 0 Å². The molecule has 4 heteroatoms. The van der Waals surface area contributed by atoms with Crippen LogP contribution in [0.2, 0.25) is 0 Å². The van der Waals surface area contributed by atoms with Gasteiger partial charge < -0.3 is 20.8 Å². The molecule has 1 aliphatic rings. The van der Waals surface area contributed by atoms with E-state index < -0.39 is 5.60 Å². The van der Waals surface area contributed by atoms with Gasteiger partial charge in [-0.25, -0.2) is 0 Å². The number of rotatable bonds is 5. The zero-order valence-electron chi connectivity index (χ0n) is 10.6. The van der Waals surface area contributed by atoms with Crippen LogP contribution in [-0.4, -0.2) is 42.1 Å². The third-order valence-electron chi connectivity index (χ3n) is 3.60. The van der Waals surface area contributed by atoms with Crippen molar-refractivity contribution in [2.75, 3.05) is 26.2 Å². The summed E-state index contributed by atoms with van der Waals surface area (Å²) in [5, 5.41) is 26.3. The van der Waals surface area contributed by atoms with Crippen LogP contribution in [0.15, 0.2) is 30.3 Å². The van der Waals surface area contributed by atoms with Crippen molar-refractivity contribution in [3.63, 3.8) is 0 Å². The van der Waals surface area contributed by atoms with E-state index >= 15 is 0 Å². The minimum absolute atomic E-state index is 0.0400. The molecule has 100 valence electrons. The van der Waals surface area contributed by atoms with Crippen molar-refractivity contribution in [3.8, 4) is 0 Å². The molecule has 0 spiro atoms. The Morgan fingerprint density at radius 3 is 2.50 bits per heavy atom. The van der Waals surface area contributed by atoms with E-state index in [1.54, 1.807) is 0 Å². The molecule has 1 saturated heterocycles. The van der Waals surface area contributed by atoms with Gasteiger partial charge in [0.2, 0.25) is 0 Å². The number of hydrogen-bond acceptors (Lipinski definition) is 4. The van der Waals surface area contributed by atoms with Gasteiger partial charge in [0.25, 0.3) is 0 Å². The quantitative estimate of drug-likeness (QED) is 0.612. The highest BCUT2D eigenvalue weighted by atomic mass is 16.3. The van der Waals surface area contributed by atoms with Gasteiger partial charge in [-0.3, -0.25) is 0 Å². The van der Waals surface area contributed by atoms with Crippen molar-refractivity contribution in [3.05, 3.63) is 35.9 Å². The molecule has 0 saturated carbocycles. The summed E-state index contributed by atoms with van der Waals surface area (Å²) >= 11 is 0. The predicted octanol–water partition coefficient (Wildman–Crippen LogP) is 0.424. The predicted molar refractivity (Wildman–Crippen MR) is 71.3 cm³/mol. The van der Waals surface area contributed by atoms with Crippen LogP contribution in [0.4, 0.5) is 0 Å². The zero-order chi connectivity index (χ0) is 12.8. The lowest BCUT2D eigenvalue weighted by Crippen LogP contribution is -2.49. The maximum Gasteiger partial charge on any atom is 0.0795 e. The maximum atomic E-state index is 10.4. The highest BCUT2D eigenvalue weighted by Gasteiger charge is 2.29. The molecule has 0 amide bonds. The fraction of sp³-hybridized carbons (Fsp3) is 0.571. The average Bonchev–Trinajstić information content (AvgIpc) is 2.41. The maximum absolute atomic E-state index is 10.4. The van der Waals surface area contributed by atoms with E-state index in [9.17, 15) is 10.2 Å². The van der Waals surface area contributed by atoms with E-state index in [4.69, 9.17) is 0 Å². The summed E-state index contributed by atoms with van der Waals surface area (Å²) in [5.41, 5.74) is 0.408. The minimum Gasteiger partial charge on any atom is -0.394 e. The van der Waals surface area contributed by atoms with E-state index in [0.29, 0.717) is 6.54 Å². The molecule has 1 aliphatic heterocycles. The molecule has 1 atom stereocenters. The molecule has 0 bridgehead atoms. The average molecular weight is 250 g/mol. The van der Waals surface area contributed by atoms with E-state index in [1.807, 2.05) is 30.3 Å². The Kier molecular flexibility index (Phi) is 4.72. The number of benzene rings is 1. The molecular formula is C14H22N2O2. The molecule has 0 radical (unpaired) electrons. The molecule has 4 nitrogen and oxygen atoms in total. The summed E-state index contributed by atoms with van der Waals surface area (Å²) in [6.45, 7) is 2.27. The minimum atomic E-state index is -0.645. The first kappa shape index (κ1) is 13.5. The molecule has 18 heavy (non-hydrogen) atoms. The Balaban J connectivity index is 1.91. The van der Waals surface area contributed by atoms with Gasteiger partial charge in [0.05, 0.1) is 18.2 Å². The normalized spacial score (nSPS) is 20.6. The van der Waals surface area contributed by atoms with Gasteiger partial charge in [-0.2, -0.15) is 0 Å². The topological polar surface area (TPSA) is 64.5 Å². The van der Waals surface area contributed by atoms with Gasteiger partial charge in [0, 0.05) is 6.54 Å². The van der Waals surface area contributed by atoms with Crippen LogP contribution in [-0.2, 0) is 0 Å². The lowest BCUT2D eigenvalue weighted by Gasteiger charge is -2.34. The molecule has 1 fully saturated rings. The smallest absolute Gasteiger partial charge is 0.0795 e. The summed E-state index contributed by atoms with van der Waals surface area (Å²) in [5.74, 6) is 0. The fourth-order valence-electron chi connectivity index (χ4n) is 2.36. The van der Waals surface area contributed by atoms with Gasteiger partial charge in [-0.15, -0.1) is 0 Å². The monoisotopic (exact) mass is 250 g/mol. The first-order valence-electron chi connectivity index (χ1n) is 6.56. The number of hydrogen-bond donors (Lipinski definition) is 4. The fourth-order valence-corrected chi connectivity index (χ4v) is 2.36. The molecule has 1 aromatic carbocycles. The van der Waals surface area contributed by atoms with Gasteiger partial charge in [-0.1, -0.05) is 30.3 Å². The Labute approximate surface area is 108 Å². The van der Waals surface area contributed by atoms with Crippen molar-refractivity contribution >= 4 is 0 Å². The molecule has 0 unspecified atom stereocenters. The first-order chi connectivity index (χ1) is 8.73. The highest BCUT2D eigenvalue weighted by Crippen LogP contribution is 2.19. The standard InChI is InChI=1S/C14H22N2O2/c17-10-13(12-4-2-1-3-5-12)16-11-14(18)6-8-15-9-7-14/h1-5,13,15-18H,6-11H2/t13-/m0/s1. The summed E-state index contributed by atoms with van der Waals surface area (Å²) in [6, 6.07) is 9.74. The zero-order valence-corrected chi connectivity index (χ0v) is 10.6. The number of nitrogens with one attached hydrogen (secondary N) is 2. The van der Waals surface area contributed by atoms with Crippen LogP contribution >= 0.6 is 0 Å². The number of piperidine rings is 1. The summed E-state index contributed by atoms with van der Waals surface area (Å²) < 4.78 is 0. The van der Waals surface area contributed by atoms with Crippen LogP contribution in [0, 0.1) is 0 Å². The van der Waals surface area contributed by atoms with Gasteiger partial charge >= 0.3 is 0 Å². The second-order valence-corrected chi connectivity index (χ2v) is 5.00. The molecule has 1 heterocycles. The SMILES string of the molecule is OC[C@H](NCC1(O)CCNCC1)c1ccccc1. The van der Waals surface area contributed by atoms with Crippen LogP contribution in [0.5, 0.6) is 0 Å². The van der Waals surface area contributed by atoms with E-state index in [1.165, 1.54) is 0 Å². The van der Waals surface area contributed by atoms with Crippen molar-refractivity contribution in [2.24, 2.45) is 0 Å². The summed E-state index contributed by atoms with van der Waals surface area (Å²) in [7, 11) is 0. The Bertz CT molecular complexity index is 350. The van der Waals surface area contributed by atoms with Crippen molar-refractivity contribution < 1.29 is 10.2 Å². The third kappa shape index (κ3) is 3.53. The second-order valence-electron chi connectivity index (χ2n) is 5.00. The summed E-state index contributed by atoms with van der Waals surface area (Å²) in [4.78, 5) is 0. The Morgan fingerprint density at radius 1 is 1.22 bits per heavy atom. The third-order valence-corrected chi connectivity index (χ3v) is 3.60. The second kappa shape index (κ2) is 6.29. The molecule has 0 aliphatic carbocycles. The molecule has 4 N–H and O–H groups in total. The molecule has 1 aromatic rings. The van der Waals surface area contributed by atoms with E-state index in [0.717, 1.165) is 31.5 Å². The molecule has 0 aromatic heterocycles. The number of aliphatic hydroxyl groups excluding tert-OH is 1. The first-order valence-corrected chi connectivity index (χ1v) is 6.56. The van der Waals surface area contributed by atoms with Gasteiger partial charge in [0.1, 0.15) is 0 Å². The van der Waals surface area contributed by atoms with Gasteiger partial charge in [-0.05, 0) is 31.5 Å². The molecule has 2 rings (SSSR count). The Morgan fingerprint density at radius 2 is 1.89 bits per heavy atom. The lowest BCUT2D eigenvalue weighted by molar-refractivity contribution is 0.00711. The van der Waals surface area contributed by atoms with E-state index in [-0.39, 0.29) is 12.6 Å². The van der Waals surface area contributed by atoms with Crippen LogP contribution in [0.3, 0.4) is 0 Å². The Hall–Kier alpha value is -0.940. The van der Waals surface area contributed by atoms with Crippen molar-refractivity contribution in [1.82, 2.24) is 10.6 Å². The lowest BCUT2D eigenvalue weighted by atomic mass is 9.92. The largest absolute Gasteiger partial charge is 0.394 e. The van der Waals surface area contributed by atoms with Crippen molar-refractivity contribution in [2.45, 2.75) is 24.5 Å². The van der Waals surface area contributed by atoms with E-state index in [2.05, 4.69) is 10.6 Å². The molecular weight excluding hydrogens is 228 g/mol. The van der Waals surface area contributed by atoms with Gasteiger partial charge in [0.15, 0.2) is 0 Å². The van der Waals surface area contributed by atoms with Crippen LogP contribution in [0.1, 0.15) is 24.4 Å². The number of aliphatic hydroxyl groups is 2.